The zero-order valence-corrected chi connectivity index (χ0v) is 9.04. The van der Waals surface area contributed by atoms with Crippen LogP contribution in [0.3, 0.4) is 0 Å². The van der Waals surface area contributed by atoms with Crippen LogP contribution in [0.1, 0.15) is 19.3 Å². The minimum atomic E-state index is 0.0283. The highest BCUT2D eigenvalue weighted by Gasteiger charge is 2.41. The summed E-state index contributed by atoms with van der Waals surface area (Å²) in [6.07, 6.45) is 3.29. The van der Waals surface area contributed by atoms with Crippen molar-refractivity contribution in [2.45, 2.75) is 36.9 Å². The topological polar surface area (TPSA) is 39.7 Å². The molecule has 86 valence electrons. The van der Waals surface area contributed by atoms with Crippen molar-refractivity contribution in [1.29, 1.82) is 0 Å². The molecule has 2 unspecified atom stereocenters. The normalized spacial score (nSPS) is 42.0. The Hall–Kier alpha value is -0.160. The lowest BCUT2D eigenvalue weighted by Gasteiger charge is -2.40. The highest BCUT2D eigenvalue weighted by Crippen LogP contribution is 2.33. The van der Waals surface area contributed by atoms with Crippen LogP contribution in [0.15, 0.2) is 0 Å². The summed E-state index contributed by atoms with van der Waals surface area (Å²) < 4.78 is 16.5. The van der Waals surface area contributed by atoms with E-state index < -0.39 is 0 Å². The third-order valence-electron chi connectivity index (χ3n) is 3.67. The van der Waals surface area contributed by atoms with Crippen molar-refractivity contribution in [3.8, 4) is 0 Å². The van der Waals surface area contributed by atoms with Gasteiger partial charge in [0.05, 0.1) is 31.5 Å². The first kappa shape index (κ1) is 10.0. The molecular formula is C11H19NO3. The van der Waals surface area contributed by atoms with Gasteiger partial charge in [-0.3, -0.25) is 0 Å². The quantitative estimate of drug-likeness (QED) is 0.717. The molecule has 3 rings (SSSR count). The van der Waals surface area contributed by atoms with Crippen molar-refractivity contribution in [3.05, 3.63) is 0 Å². The summed E-state index contributed by atoms with van der Waals surface area (Å²) in [7, 11) is 0. The van der Waals surface area contributed by atoms with Crippen LogP contribution in [-0.4, -0.2) is 50.7 Å². The van der Waals surface area contributed by atoms with Gasteiger partial charge in [-0.25, -0.2) is 0 Å². The molecule has 3 aliphatic heterocycles. The van der Waals surface area contributed by atoms with Crippen molar-refractivity contribution in [1.82, 2.24) is 5.32 Å². The molecule has 3 saturated heterocycles. The van der Waals surface area contributed by atoms with E-state index in [1.54, 1.807) is 0 Å². The average molecular weight is 213 g/mol. The molecule has 1 N–H and O–H groups in total. The number of nitrogens with one attached hydrogen (secondary N) is 1. The Balaban J connectivity index is 1.55. The van der Waals surface area contributed by atoms with Gasteiger partial charge in [0, 0.05) is 25.7 Å². The molecule has 4 heteroatoms. The molecule has 4 nitrogen and oxygen atoms in total. The Morgan fingerprint density at radius 1 is 1.07 bits per heavy atom. The Bertz CT molecular complexity index is 224. The van der Waals surface area contributed by atoms with E-state index in [1.807, 2.05) is 0 Å². The second-order valence-electron chi connectivity index (χ2n) is 4.92. The first-order valence-corrected chi connectivity index (χ1v) is 5.92. The lowest BCUT2D eigenvalue weighted by molar-refractivity contribution is -0.0972. The van der Waals surface area contributed by atoms with Crippen LogP contribution < -0.4 is 5.32 Å². The van der Waals surface area contributed by atoms with Crippen LogP contribution >= 0.6 is 0 Å². The molecule has 0 aromatic heterocycles. The van der Waals surface area contributed by atoms with E-state index in [0.29, 0.717) is 12.1 Å². The fourth-order valence-electron chi connectivity index (χ4n) is 2.70. The summed E-state index contributed by atoms with van der Waals surface area (Å²) in [6.45, 7) is 4.27. The van der Waals surface area contributed by atoms with E-state index in [4.69, 9.17) is 14.2 Å². The highest BCUT2D eigenvalue weighted by atomic mass is 16.6. The molecule has 0 aromatic carbocycles. The summed E-state index contributed by atoms with van der Waals surface area (Å²) in [5.41, 5.74) is 0.0283. The van der Waals surface area contributed by atoms with E-state index in [-0.39, 0.29) is 5.60 Å². The van der Waals surface area contributed by atoms with E-state index in [0.717, 1.165) is 52.3 Å². The SMILES string of the molecule is C1CC2(CO1)CC(NC1COC1)CCO2. The lowest BCUT2D eigenvalue weighted by atomic mass is 9.89. The Kier molecular flexibility index (Phi) is 2.68. The molecule has 0 bridgehead atoms. The van der Waals surface area contributed by atoms with Gasteiger partial charge in [-0.2, -0.15) is 0 Å². The molecule has 1 spiro atoms. The zero-order valence-electron chi connectivity index (χ0n) is 9.04. The Morgan fingerprint density at radius 3 is 2.67 bits per heavy atom. The van der Waals surface area contributed by atoms with Crippen molar-refractivity contribution in [2.24, 2.45) is 0 Å². The minimum Gasteiger partial charge on any atom is -0.378 e. The summed E-state index contributed by atoms with van der Waals surface area (Å²) >= 11 is 0. The zero-order chi connectivity index (χ0) is 10.1. The van der Waals surface area contributed by atoms with Crippen LogP contribution in [-0.2, 0) is 14.2 Å². The summed E-state index contributed by atoms with van der Waals surface area (Å²) in [6, 6.07) is 1.17. The largest absolute Gasteiger partial charge is 0.378 e. The molecule has 15 heavy (non-hydrogen) atoms. The number of rotatable bonds is 2. The highest BCUT2D eigenvalue weighted by molar-refractivity contribution is 4.94. The van der Waals surface area contributed by atoms with Crippen molar-refractivity contribution < 1.29 is 14.2 Å². The van der Waals surface area contributed by atoms with Gasteiger partial charge in [-0.15, -0.1) is 0 Å². The molecule has 0 radical (unpaired) electrons. The van der Waals surface area contributed by atoms with Crippen LogP contribution in [0.2, 0.25) is 0 Å². The molecule has 3 aliphatic rings. The molecule has 0 amide bonds. The van der Waals surface area contributed by atoms with E-state index >= 15 is 0 Å². The first-order valence-electron chi connectivity index (χ1n) is 5.92. The molecule has 0 aromatic rings. The van der Waals surface area contributed by atoms with Gasteiger partial charge in [-0.05, 0) is 12.8 Å². The van der Waals surface area contributed by atoms with Crippen LogP contribution in [0, 0.1) is 0 Å². The van der Waals surface area contributed by atoms with E-state index in [2.05, 4.69) is 5.32 Å². The second kappa shape index (κ2) is 4.01. The molecule has 2 atom stereocenters. The van der Waals surface area contributed by atoms with Crippen molar-refractivity contribution in [2.75, 3.05) is 33.0 Å². The molecular weight excluding hydrogens is 194 g/mol. The van der Waals surface area contributed by atoms with Gasteiger partial charge in [-0.1, -0.05) is 0 Å². The fourth-order valence-corrected chi connectivity index (χ4v) is 2.70. The van der Waals surface area contributed by atoms with E-state index in [1.165, 1.54) is 0 Å². The van der Waals surface area contributed by atoms with Crippen LogP contribution in [0.4, 0.5) is 0 Å². The first-order chi connectivity index (χ1) is 7.36. The van der Waals surface area contributed by atoms with Gasteiger partial charge in [0.15, 0.2) is 0 Å². The Labute approximate surface area is 90.3 Å². The maximum Gasteiger partial charge on any atom is 0.0951 e. The minimum absolute atomic E-state index is 0.0283. The molecule has 0 aliphatic carbocycles. The standard InChI is InChI=1S/C11H19NO3/c1-3-15-11(2-4-13-8-11)5-9(1)12-10-6-14-7-10/h9-10,12H,1-8H2. The van der Waals surface area contributed by atoms with E-state index in [9.17, 15) is 0 Å². The third-order valence-corrected chi connectivity index (χ3v) is 3.67. The third kappa shape index (κ3) is 2.04. The number of hydrogen-bond acceptors (Lipinski definition) is 4. The smallest absolute Gasteiger partial charge is 0.0951 e. The molecule has 3 fully saturated rings. The lowest BCUT2D eigenvalue weighted by Crippen LogP contribution is -2.55. The van der Waals surface area contributed by atoms with Gasteiger partial charge < -0.3 is 19.5 Å². The maximum atomic E-state index is 5.89. The predicted molar refractivity (Wildman–Crippen MR) is 54.9 cm³/mol. The van der Waals surface area contributed by atoms with Gasteiger partial charge >= 0.3 is 0 Å². The van der Waals surface area contributed by atoms with Gasteiger partial charge in [0.2, 0.25) is 0 Å². The summed E-state index contributed by atoms with van der Waals surface area (Å²) in [5, 5.41) is 3.65. The van der Waals surface area contributed by atoms with Gasteiger partial charge in [0.1, 0.15) is 0 Å². The summed E-state index contributed by atoms with van der Waals surface area (Å²) in [5.74, 6) is 0. The van der Waals surface area contributed by atoms with Gasteiger partial charge in [0.25, 0.3) is 0 Å². The predicted octanol–water partition coefficient (Wildman–Crippen LogP) is 0.313. The number of ether oxygens (including phenoxy) is 3. The second-order valence-corrected chi connectivity index (χ2v) is 4.92. The molecule has 0 saturated carbocycles. The van der Waals surface area contributed by atoms with Crippen LogP contribution in [0.25, 0.3) is 0 Å². The average Bonchev–Trinajstić information content (AvgIpc) is 2.60. The fraction of sp³-hybridized carbons (Fsp3) is 1.00. The van der Waals surface area contributed by atoms with Crippen molar-refractivity contribution >= 4 is 0 Å². The van der Waals surface area contributed by atoms with Crippen LogP contribution in [0.5, 0.6) is 0 Å². The number of hydrogen-bond donors (Lipinski definition) is 1. The monoisotopic (exact) mass is 213 g/mol. The maximum absolute atomic E-state index is 5.89. The summed E-state index contributed by atoms with van der Waals surface area (Å²) in [4.78, 5) is 0. The van der Waals surface area contributed by atoms with Crippen molar-refractivity contribution in [3.63, 3.8) is 0 Å². The molecule has 3 heterocycles. The Morgan fingerprint density at radius 2 is 2.00 bits per heavy atom.